The van der Waals surface area contributed by atoms with E-state index in [4.69, 9.17) is 15.3 Å². The Morgan fingerprint density at radius 2 is 1.67 bits per heavy atom. The summed E-state index contributed by atoms with van der Waals surface area (Å²) in [4.78, 5) is 19.5. The Morgan fingerprint density at radius 1 is 1.22 bits per heavy atom. The van der Waals surface area contributed by atoms with Gasteiger partial charge in [-0.2, -0.15) is 0 Å². The van der Waals surface area contributed by atoms with Crippen LogP contribution in [-0.4, -0.2) is 33.4 Å². The molecule has 0 spiro atoms. The van der Waals surface area contributed by atoms with E-state index in [9.17, 15) is 9.59 Å². The molecule has 18 heavy (non-hydrogen) atoms. The minimum absolute atomic E-state index is 0. The molecule has 0 aromatic heterocycles. The minimum Gasteiger partial charge on any atom is -1.00 e. The molecule has 0 aliphatic carbocycles. The first-order valence-electron chi connectivity index (χ1n) is 4.80. The molecule has 0 saturated heterocycles. The number of carbonyl (C=O) groups is 2. The molecule has 1 atom stereocenters. The van der Waals surface area contributed by atoms with Crippen LogP contribution in [0.4, 0.5) is 0 Å². The van der Waals surface area contributed by atoms with Crippen LogP contribution < -0.4 is 51.4 Å². The third-order valence-electron chi connectivity index (χ3n) is 1.58. The number of carboxylic acid groups (broad SMARTS) is 2. The van der Waals surface area contributed by atoms with Crippen molar-refractivity contribution in [3.05, 3.63) is 42.0 Å². The molecule has 6 heteroatoms. The first-order chi connectivity index (χ1) is 7.93. The molecule has 0 heterocycles. The third-order valence-corrected chi connectivity index (χ3v) is 1.58. The fourth-order valence-electron chi connectivity index (χ4n) is 0.732. The Hall–Kier alpha value is -0.504. The summed E-state index contributed by atoms with van der Waals surface area (Å²) in [7, 11) is 0. The summed E-state index contributed by atoms with van der Waals surface area (Å²) in [5.74, 6) is -2.11. The average molecular weight is 278 g/mol. The van der Waals surface area contributed by atoms with Crippen LogP contribution in [0.3, 0.4) is 0 Å². The first kappa shape index (κ1) is 19.8. The maximum absolute atomic E-state index is 10.1. The van der Waals surface area contributed by atoms with Crippen LogP contribution in [0.15, 0.2) is 36.4 Å². The average Bonchev–Trinajstić information content (AvgIpc) is 2.28. The van der Waals surface area contributed by atoms with Gasteiger partial charge < -0.3 is 16.7 Å². The zero-order chi connectivity index (χ0) is 13.3. The van der Waals surface area contributed by atoms with Crippen molar-refractivity contribution in [2.75, 3.05) is 0 Å². The van der Waals surface area contributed by atoms with Gasteiger partial charge in [-0.25, -0.2) is 9.59 Å². The third kappa shape index (κ3) is 12.0. The van der Waals surface area contributed by atoms with Crippen LogP contribution in [0.25, 0.3) is 6.08 Å². The Bertz CT molecular complexity index is 392. The van der Waals surface area contributed by atoms with Crippen molar-refractivity contribution in [1.82, 2.24) is 0 Å². The van der Waals surface area contributed by atoms with Gasteiger partial charge in [-0.1, -0.05) is 30.3 Å². The van der Waals surface area contributed by atoms with Crippen LogP contribution in [0.2, 0.25) is 0 Å². The van der Waals surface area contributed by atoms with Crippen molar-refractivity contribution in [2.45, 2.75) is 13.0 Å². The SMILES string of the molecule is CC(O)C(=O)O.O=C(O)/C=C/c1ccccc1.[H-].[K+]. The van der Waals surface area contributed by atoms with Gasteiger partial charge in [0.2, 0.25) is 0 Å². The molecule has 0 saturated carbocycles. The molecule has 0 fully saturated rings. The molecule has 1 unspecified atom stereocenters. The largest absolute Gasteiger partial charge is 1.00 e. The summed E-state index contributed by atoms with van der Waals surface area (Å²) in [5.41, 5.74) is 0.898. The van der Waals surface area contributed by atoms with Crippen LogP contribution in [-0.2, 0) is 9.59 Å². The second-order valence-corrected chi connectivity index (χ2v) is 3.10. The van der Waals surface area contributed by atoms with Crippen LogP contribution in [0, 0.1) is 0 Å². The fraction of sp³-hybridized carbons (Fsp3) is 0.167. The number of aliphatic hydroxyl groups excluding tert-OH is 1. The monoisotopic (exact) mass is 278 g/mol. The standard InChI is InChI=1S/C9H8O2.C3H6O3.K.H/c10-9(11)7-6-8-4-2-1-3-5-8;1-2(4)3(5)6;;/h1-7H,(H,10,11);2,4H,1H3,(H,5,6);;/q;;+1;-1/b7-6+;;;. The van der Waals surface area contributed by atoms with E-state index in [2.05, 4.69) is 0 Å². The molecule has 1 rings (SSSR count). The molecule has 5 nitrogen and oxygen atoms in total. The first-order valence-corrected chi connectivity index (χ1v) is 4.80. The van der Waals surface area contributed by atoms with Crippen molar-refractivity contribution in [2.24, 2.45) is 0 Å². The molecule has 0 radical (unpaired) electrons. The zero-order valence-corrected chi connectivity index (χ0v) is 13.4. The van der Waals surface area contributed by atoms with Gasteiger partial charge in [0.15, 0.2) is 0 Å². The van der Waals surface area contributed by atoms with E-state index < -0.39 is 18.0 Å². The van der Waals surface area contributed by atoms with Gasteiger partial charge in [0.1, 0.15) is 6.10 Å². The van der Waals surface area contributed by atoms with Gasteiger partial charge in [-0.05, 0) is 18.6 Å². The van der Waals surface area contributed by atoms with E-state index in [1.807, 2.05) is 30.3 Å². The van der Waals surface area contributed by atoms with Crippen molar-refractivity contribution in [3.8, 4) is 0 Å². The van der Waals surface area contributed by atoms with Crippen molar-refractivity contribution >= 4 is 18.0 Å². The minimum atomic E-state index is -1.23. The van der Waals surface area contributed by atoms with Crippen molar-refractivity contribution in [3.63, 3.8) is 0 Å². The van der Waals surface area contributed by atoms with Gasteiger partial charge >= 0.3 is 63.3 Å². The van der Waals surface area contributed by atoms with E-state index in [1.54, 1.807) is 6.08 Å². The Labute approximate surface area is 149 Å². The van der Waals surface area contributed by atoms with Gasteiger partial charge in [-0.15, -0.1) is 0 Å². The fourth-order valence-corrected chi connectivity index (χ4v) is 0.732. The predicted octanol–water partition coefficient (Wildman–Crippen LogP) is -1.65. The van der Waals surface area contributed by atoms with Crippen LogP contribution >= 0.6 is 0 Å². The summed E-state index contributed by atoms with van der Waals surface area (Å²) < 4.78 is 0. The quantitative estimate of drug-likeness (QED) is 0.455. The number of hydrogen-bond donors (Lipinski definition) is 3. The second-order valence-electron chi connectivity index (χ2n) is 3.10. The molecule has 0 aliphatic heterocycles. The number of benzene rings is 1. The van der Waals surface area contributed by atoms with E-state index in [-0.39, 0.29) is 52.8 Å². The molecule has 0 amide bonds. The normalized spacial score (nSPS) is 10.8. The molecular weight excluding hydrogens is 263 g/mol. The summed E-state index contributed by atoms with van der Waals surface area (Å²) in [6.45, 7) is 1.20. The summed E-state index contributed by atoms with van der Waals surface area (Å²) in [6.07, 6.45) is 1.45. The summed E-state index contributed by atoms with van der Waals surface area (Å²) in [5, 5.41) is 24.1. The van der Waals surface area contributed by atoms with E-state index in [0.717, 1.165) is 11.6 Å². The number of aliphatic carboxylic acids is 2. The number of hydrogen-bond acceptors (Lipinski definition) is 3. The molecule has 3 N–H and O–H groups in total. The molecule has 1 aromatic rings. The summed E-state index contributed by atoms with van der Waals surface area (Å²) >= 11 is 0. The summed E-state index contributed by atoms with van der Waals surface area (Å²) in [6, 6.07) is 9.31. The van der Waals surface area contributed by atoms with E-state index in [1.165, 1.54) is 6.92 Å². The molecule has 1 aromatic carbocycles. The van der Waals surface area contributed by atoms with Gasteiger partial charge in [0.05, 0.1) is 0 Å². The van der Waals surface area contributed by atoms with Crippen LogP contribution in [0.5, 0.6) is 0 Å². The van der Waals surface area contributed by atoms with Crippen LogP contribution in [0.1, 0.15) is 13.9 Å². The van der Waals surface area contributed by atoms with Gasteiger partial charge in [0.25, 0.3) is 0 Å². The topological polar surface area (TPSA) is 94.8 Å². The van der Waals surface area contributed by atoms with Crippen molar-refractivity contribution < 1.29 is 77.7 Å². The Kier molecular flexibility index (Phi) is 12.8. The zero-order valence-electron chi connectivity index (χ0n) is 11.3. The van der Waals surface area contributed by atoms with E-state index in [0.29, 0.717) is 0 Å². The molecular formula is C12H15KO5. The van der Waals surface area contributed by atoms with E-state index >= 15 is 0 Å². The second kappa shape index (κ2) is 11.6. The van der Waals surface area contributed by atoms with Crippen molar-refractivity contribution in [1.29, 1.82) is 0 Å². The Balaban J connectivity index is -0.000000282. The molecule has 94 valence electrons. The number of rotatable bonds is 3. The number of aliphatic hydroxyl groups is 1. The smallest absolute Gasteiger partial charge is 1.00 e. The predicted molar refractivity (Wildman–Crippen MR) is 63.5 cm³/mol. The maximum atomic E-state index is 10.1. The Morgan fingerprint density at radius 3 is 2.00 bits per heavy atom. The van der Waals surface area contributed by atoms with Gasteiger partial charge in [-0.3, -0.25) is 0 Å². The molecule has 0 bridgehead atoms. The maximum Gasteiger partial charge on any atom is 1.00 e. The number of carboxylic acids is 2. The van der Waals surface area contributed by atoms with Gasteiger partial charge in [0, 0.05) is 6.08 Å². The molecule has 0 aliphatic rings.